The molecule has 6 heteroatoms. The third-order valence-corrected chi connectivity index (χ3v) is 6.95. The van der Waals surface area contributed by atoms with Gasteiger partial charge in [0.05, 0.1) is 12.1 Å². The predicted octanol–water partition coefficient (Wildman–Crippen LogP) is 3.35. The maximum atomic E-state index is 13.0. The molecule has 3 aliphatic rings. The minimum atomic E-state index is -0.165. The number of fused-ring (bicyclic) bond motifs is 2. The van der Waals surface area contributed by atoms with Gasteiger partial charge in [-0.3, -0.25) is 9.59 Å². The molecule has 0 bridgehead atoms. The lowest BCUT2D eigenvalue weighted by Crippen LogP contribution is -2.48. The van der Waals surface area contributed by atoms with Crippen LogP contribution < -0.4 is 5.56 Å². The fourth-order valence-corrected chi connectivity index (χ4v) is 5.08. The Balaban J connectivity index is 1.42. The summed E-state index contributed by atoms with van der Waals surface area (Å²) < 4.78 is 0. The van der Waals surface area contributed by atoms with Gasteiger partial charge in [-0.2, -0.15) is 0 Å². The van der Waals surface area contributed by atoms with Crippen molar-refractivity contribution in [2.24, 2.45) is 0 Å². The van der Waals surface area contributed by atoms with E-state index in [2.05, 4.69) is 4.98 Å². The molecule has 2 fully saturated rings. The number of likely N-dealkylation sites (tertiary alicyclic amines) is 1. The lowest BCUT2D eigenvalue weighted by atomic mass is 9.77. The van der Waals surface area contributed by atoms with E-state index < -0.39 is 0 Å². The molecular weight excluding hydrogens is 374 g/mol. The van der Waals surface area contributed by atoms with Gasteiger partial charge in [0.1, 0.15) is 5.82 Å². The van der Waals surface area contributed by atoms with Crippen molar-refractivity contribution in [3.05, 3.63) is 62.3 Å². The first-order valence-electron chi connectivity index (χ1n) is 10.2. The first kappa shape index (κ1) is 17.9. The van der Waals surface area contributed by atoms with E-state index in [4.69, 9.17) is 16.6 Å². The van der Waals surface area contributed by atoms with Crippen molar-refractivity contribution in [2.45, 2.75) is 56.3 Å². The molecule has 1 aromatic heterocycles. The Kier molecular flexibility index (Phi) is 4.31. The van der Waals surface area contributed by atoms with Gasteiger partial charge in [-0.05, 0) is 50.2 Å². The molecule has 5 rings (SSSR count). The van der Waals surface area contributed by atoms with E-state index in [0.717, 1.165) is 67.7 Å². The van der Waals surface area contributed by atoms with Gasteiger partial charge in [0.2, 0.25) is 5.91 Å². The molecule has 1 spiro atoms. The summed E-state index contributed by atoms with van der Waals surface area (Å²) in [6.45, 7) is 1.42. The number of aromatic amines is 1. The molecule has 5 nitrogen and oxygen atoms in total. The lowest BCUT2D eigenvalue weighted by molar-refractivity contribution is -0.132. The first-order chi connectivity index (χ1) is 13.6. The topological polar surface area (TPSA) is 66.1 Å². The number of aromatic nitrogens is 2. The second-order valence-corrected chi connectivity index (χ2v) is 8.93. The second-order valence-electron chi connectivity index (χ2n) is 8.52. The minimum absolute atomic E-state index is 0.0308. The molecule has 1 aromatic carbocycles. The van der Waals surface area contributed by atoms with E-state index in [1.807, 2.05) is 29.2 Å². The fourth-order valence-electron chi connectivity index (χ4n) is 4.88. The van der Waals surface area contributed by atoms with Gasteiger partial charge in [0, 0.05) is 35.0 Å². The molecule has 1 aliphatic heterocycles. The summed E-state index contributed by atoms with van der Waals surface area (Å²) in [5.41, 5.74) is 2.54. The zero-order valence-corrected chi connectivity index (χ0v) is 16.6. The highest BCUT2D eigenvalue weighted by Crippen LogP contribution is 2.45. The van der Waals surface area contributed by atoms with Crippen molar-refractivity contribution in [3.8, 4) is 0 Å². The Labute approximate surface area is 169 Å². The van der Waals surface area contributed by atoms with Crippen LogP contribution in [0.2, 0.25) is 5.02 Å². The molecule has 1 N–H and O–H groups in total. The van der Waals surface area contributed by atoms with Gasteiger partial charge in [-0.25, -0.2) is 4.98 Å². The van der Waals surface area contributed by atoms with Gasteiger partial charge in [-0.15, -0.1) is 0 Å². The standard InChI is InChI=1S/C22H24ClN3O2/c23-17-5-2-1-4-15(17)12-18(27)26-11-3-9-22(13-26)10-8-16-19(22)24-20(14-6-7-14)25-21(16)28/h1-2,4-5,14H,3,6-13H2,(H,24,25,28). The quantitative estimate of drug-likeness (QED) is 0.863. The van der Waals surface area contributed by atoms with E-state index in [0.29, 0.717) is 23.9 Å². The van der Waals surface area contributed by atoms with Crippen molar-refractivity contribution in [2.75, 3.05) is 13.1 Å². The molecule has 1 unspecified atom stereocenters. The van der Waals surface area contributed by atoms with Crippen molar-refractivity contribution < 1.29 is 4.79 Å². The normalized spacial score (nSPS) is 23.8. The molecule has 0 radical (unpaired) electrons. The Morgan fingerprint density at radius 2 is 2.11 bits per heavy atom. The maximum Gasteiger partial charge on any atom is 0.254 e. The maximum absolute atomic E-state index is 13.0. The molecule has 146 valence electrons. The number of nitrogens with one attached hydrogen (secondary N) is 1. The van der Waals surface area contributed by atoms with Crippen molar-refractivity contribution in [1.82, 2.24) is 14.9 Å². The summed E-state index contributed by atoms with van der Waals surface area (Å²) in [6, 6.07) is 7.52. The molecule has 1 atom stereocenters. The van der Waals surface area contributed by atoms with Gasteiger partial charge in [-0.1, -0.05) is 29.8 Å². The van der Waals surface area contributed by atoms with Crippen LogP contribution >= 0.6 is 11.6 Å². The summed E-state index contributed by atoms with van der Waals surface area (Å²) in [5.74, 6) is 1.37. The van der Waals surface area contributed by atoms with Crippen LogP contribution in [-0.2, 0) is 23.1 Å². The molecule has 1 amide bonds. The zero-order valence-electron chi connectivity index (χ0n) is 15.8. The van der Waals surface area contributed by atoms with Crippen molar-refractivity contribution in [3.63, 3.8) is 0 Å². The predicted molar refractivity (Wildman–Crippen MR) is 108 cm³/mol. The first-order valence-corrected chi connectivity index (χ1v) is 10.6. The van der Waals surface area contributed by atoms with Crippen LogP contribution in [0.25, 0.3) is 0 Å². The van der Waals surface area contributed by atoms with Crippen LogP contribution in [0.4, 0.5) is 0 Å². The minimum Gasteiger partial charge on any atom is -0.341 e. The second kappa shape index (κ2) is 6.73. The Bertz CT molecular complexity index is 998. The molecule has 2 aliphatic carbocycles. The zero-order chi connectivity index (χ0) is 19.3. The Morgan fingerprint density at radius 3 is 2.89 bits per heavy atom. The highest BCUT2D eigenvalue weighted by molar-refractivity contribution is 6.31. The summed E-state index contributed by atoms with van der Waals surface area (Å²) in [4.78, 5) is 35.5. The van der Waals surface area contributed by atoms with Crippen LogP contribution in [0.5, 0.6) is 0 Å². The molecule has 2 heterocycles. The van der Waals surface area contributed by atoms with Crippen LogP contribution in [0, 0.1) is 0 Å². The number of H-pyrrole nitrogens is 1. The average Bonchev–Trinajstić information content (AvgIpc) is 3.49. The number of carbonyl (C=O) groups excluding carboxylic acids is 1. The summed E-state index contributed by atoms with van der Waals surface area (Å²) >= 11 is 6.25. The number of piperidine rings is 1. The van der Waals surface area contributed by atoms with Gasteiger partial charge < -0.3 is 9.88 Å². The lowest BCUT2D eigenvalue weighted by Gasteiger charge is -2.40. The molecule has 28 heavy (non-hydrogen) atoms. The van der Waals surface area contributed by atoms with E-state index in [9.17, 15) is 9.59 Å². The largest absolute Gasteiger partial charge is 0.341 e. The number of nitrogens with zero attached hydrogens (tertiary/aromatic N) is 2. The highest BCUT2D eigenvalue weighted by atomic mass is 35.5. The summed E-state index contributed by atoms with van der Waals surface area (Å²) in [5, 5.41) is 0.635. The monoisotopic (exact) mass is 397 g/mol. The Hall–Kier alpha value is -2.14. The van der Waals surface area contributed by atoms with Crippen LogP contribution in [0.3, 0.4) is 0 Å². The molecule has 1 saturated carbocycles. The third-order valence-electron chi connectivity index (χ3n) is 6.58. The van der Waals surface area contributed by atoms with E-state index in [1.165, 1.54) is 0 Å². The van der Waals surface area contributed by atoms with Crippen molar-refractivity contribution in [1.29, 1.82) is 0 Å². The number of hydrogen-bond acceptors (Lipinski definition) is 3. The average molecular weight is 398 g/mol. The van der Waals surface area contributed by atoms with E-state index in [1.54, 1.807) is 0 Å². The number of amides is 1. The molecule has 1 saturated heterocycles. The van der Waals surface area contributed by atoms with E-state index >= 15 is 0 Å². The van der Waals surface area contributed by atoms with Gasteiger partial charge >= 0.3 is 0 Å². The van der Waals surface area contributed by atoms with E-state index in [-0.39, 0.29) is 16.9 Å². The summed E-state index contributed by atoms with van der Waals surface area (Å²) in [7, 11) is 0. The molecule has 2 aromatic rings. The third kappa shape index (κ3) is 3.06. The van der Waals surface area contributed by atoms with Gasteiger partial charge in [0.15, 0.2) is 0 Å². The number of carbonyl (C=O) groups is 1. The number of benzene rings is 1. The fraction of sp³-hybridized carbons (Fsp3) is 0.500. The molecular formula is C22H24ClN3O2. The summed E-state index contributed by atoms with van der Waals surface area (Å²) in [6.07, 6.45) is 6.14. The van der Waals surface area contributed by atoms with Gasteiger partial charge in [0.25, 0.3) is 5.56 Å². The highest BCUT2D eigenvalue weighted by Gasteiger charge is 2.46. The van der Waals surface area contributed by atoms with Crippen molar-refractivity contribution >= 4 is 17.5 Å². The van der Waals surface area contributed by atoms with Crippen LogP contribution in [0.1, 0.15) is 60.7 Å². The van der Waals surface area contributed by atoms with Crippen LogP contribution in [0.15, 0.2) is 29.1 Å². The Morgan fingerprint density at radius 1 is 1.29 bits per heavy atom. The smallest absolute Gasteiger partial charge is 0.254 e. The number of rotatable bonds is 3. The number of hydrogen-bond donors (Lipinski definition) is 1. The number of halogens is 1. The van der Waals surface area contributed by atoms with Crippen LogP contribution in [-0.4, -0.2) is 33.9 Å². The SMILES string of the molecule is O=C(Cc1ccccc1Cl)N1CCCC2(CCc3c2nc(C2CC2)[nH]c3=O)C1.